The normalized spacial score (nSPS) is 10.9. The van der Waals surface area contributed by atoms with Crippen molar-refractivity contribution in [2.75, 3.05) is 11.5 Å². The van der Waals surface area contributed by atoms with E-state index < -0.39 is 0 Å². The molecule has 0 atom stereocenters. The lowest BCUT2D eigenvalue weighted by molar-refractivity contribution is 0.530. The van der Waals surface area contributed by atoms with Crippen LogP contribution in [0.25, 0.3) is 0 Å². The minimum absolute atomic E-state index is 1.02. The van der Waals surface area contributed by atoms with E-state index in [1.807, 2.05) is 17.8 Å². The van der Waals surface area contributed by atoms with E-state index in [1.165, 1.54) is 50.7 Å². The topological polar surface area (TPSA) is 13.1 Å². The van der Waals surface area contributed by atoms with Crippen LogP contribution in [0.1, 0.15) is 50.7 Å². The Hall–Kier alpha value is -0.0200. The molecular weight excluding hydrogens is 248 g/mol. The van der Waals surface area contributed by atoms with E-state index in [9.17, 15) is 0 Å². The minimum atomic E-state index is 1.02. The Labute approximate surface area is 115 Å². The summed E-state index contributed by atoms with van der Waals surface area (Å²) in [6.07, 6.45) is 11.3. The van der Waals surface area contributed by atoms with Gasteiger partial charge >= 0.3 is 0 Å². The van der Waals surface area contributed by atoms with Crippen LogP contribution in [0.5, 0.6) is 0 Å². The van der Waals surface area contributed by atoms with Crippen LogP contribution in [0.2, 0.25) is 0 Å². The van der Waals surface area contributed by atoms with E-state index in [2.05, 4.69) is 18.7 Å². The average Bonchev–Trinajstić information content (AvgIpc) is 2.85. The van der Waals surface area contributed by atoms with Crippen LogP contribution >= 0.6 is 24.4 Å². The van der Waals surface area contributed by atoms with Crippen LogP contribution in [-0.2, 0) is 5.75 Å². The van der Waals surface area contributed by atoms with Crippen molar-refractivity contribution >= 4 is 24.4 Å². The molecule has 0 spiro atoms. The van der Waals surface area contributed by atoms with Gasteiger partial charge in [0.1, 0.15) is 5.76 Å². The lowest BCUT2D eigenvalue weighted by Gasteiger charge is -2.01. The summed E-state index contributed by atoms with van der Waals surface area (Å²) in [5.74, 6) is 4.43. The van der Waals surface area contributed by atoms with E-state index in [0.717, 1.165) is 17.3 Å². The second kappa shape index (κ2) is 11.1. The number of furan rings is 1. The number of hydrogen-bond donors (Lipinski definition) is 1. The number of rotatable bonds is 11. The largest absolute Gasteiger partial charge is 0.468 e. The first kappa shape index (κ1) is 15.0. The Balaban J connectivity index is 1.76. The highest BCUT2D eigenvalue weighted by Gasteiger charge is 1.96. The summed E-state index contributed by atoms with van der Waals surface area (Å²) in [5.41, 5.74) is 0. The SMILES string of the molecule is SCCCCCCCCCSCc1ccco1. The predicted molar refractivity (Wildman–Crippen MR) is 81.0 cm³/mol. The van der Waals surface area contributed by atoms with Gasteiger partial charge in [-0.15, -0.1) is 0 Å². The van der Waals surface area contributed by atoms with Gasteiger partial charge in [0.05, 0.1) is 12.0 Å². The Kier molecular flexibility index (Phi) is 9.81. The van der Waals surface area contributed by atoms with Gasteiger partial charge in [-0.2, -0.15) is 24.4 Å². The van der Waals surface area contributed by atoms with E-state index >= 15 is 0 Å². The Morgan fingerprint density at radius 1 is 1.00 bits per heavy atom. The van der Waals surface area contributed by atoms with Crippen LogP contribution in [-0.4, -0.2) is 11.5 Å². The van der Waals surface area contributed by atoms with Crippen LogP contribution in [0.4, 0.5) is 0 Å². The molecule has 98 valence electrons. The predicted octanol–water partition coefficient (Wildman–Crippen LogP) is 5.17. The second-order valence-corrected chi connectivity index (χ2v) is 5.88. The van der Waals surface area contributed by atoms with Crippen molar-refractivity contribution < 1.29 is 4.42 Å². The number of hydrogen-bond acceptors (Lipinski definition) is 3. The van der Waals surface area contributed by atoms with Crippen LogP contribution < -0.4 is 0 Å². The molecule has 1 aromatic rings. The lowest BCUT2D eigenvalue weighted by Crippen LogP contribution is -1.84. The number of unbranched alkanes of at least 4 members (excludes halogenated alkanes) is 6. The van der Waals surface area contributed by atoms with Crippen molar-refractivity contribution in [1.82, 2.24) is 0 Å². The number of thioether (sulfide) groups is 1. The molecule has 0 amide bonds. The fourth-order valence-corrected chi connectivity index (χ4v) is 2.91. The molecule has 3 heteroatoms. The van der Waals surface area contributed by atoms with Gasteiger partial charge < -0.3 is 4.42 Å². The lowest BCUT2D eigenvalue weighted by atomic mass is 10.1. The molecule has 0 saturated carbocycles. The second-order valence-electron chi connectivity index (χ2n) is 4.33. The molecule has 1 aromatic heterocycles. The standard InChI is InChI=1S/C14H24OS2/c16-11-6-4-2-1-3-5-7-12-17-13-14-9-8-10-15-14/h8-10,16H,1-7,11-13H2. The van der Waals surface area contributed by atoms with Gasteiger partial charge in [-0.3, -0.25) is 0 Å². The van der Waals surface area contributed by atoms with Gasteiger partial charge in [0.25, 0.3) is 0 Å². The summed E-state index contributed by atoms with van der Waals surface area (Å²) >= 11 is 6.20. The molecule has 0 aliphatic heterocycles. The van der Waals surface area contributed by atoms with E-state index in [0.29, 0.717) is 0 Å². The molecule has 1 rings (SSSR count). The fraction of sp³-hybridized carbons (Fsp3) is 0.714. The smallest absolute Gasteiger partial charge is 0.113 e. The molecule has 0 radical (unpaired) electrons. The molecule has 0 aliphatic rings. The van der Waals surface area contributed by atoms with Gasteiger partial charge in [-0.05, 0) is 36.5 Å². The zero-order valence-corrected chi connectivity index (χ0v) is 12.3. The van der Waals surface area contributed by atoms with Crippen molar-refractivity contribution in [3.63, 3.8) is 0 Å². The summed E-state index contributed by atoms with van der Waals surface area (Å²) in [6.45, 7) is 0. The van der Waals surface area contributed by atoms with Crippen molar-refractivity contribution in [2.45, 2.75) is 50.7 Å². The van der Waals surface area contributed by atoms with Crippen LogP contribution in [0, 0.1) is 0 Å². The average molecular weight is 272 g/mol. The van der Waals surface area contributed by atoms with Crippen molar-refractivity contribution in [3.05, 3.63) is 24.2 Å². The van der Waals surface area contributed by atoms with Crippen molar-refractivity contribution in [3.8, 4) is 0 Å². The molecule has 0 aliphatic carbocycles. The number of thiol groups is 1. The maximum absolute atomic E-state index is 5.29. The third-order valence-electron chi connectivity index (χ3n) is 2.77. The maximum Gasteiger partial charge on any atom is 0.113 e. The third-order valence-corrected chi connectivity index (χ3v) is 4.15. The monoisotopic (exact) mass is 272 g/mol. The highest BCUT2D eigenvalue weighted by molar-refractivity contribution is 7.98. The molecule has 0 N–H and O–H groups in total. The molecule has 1 nitrogen and oxygen atoms in total. The minimum Gasteiger partial charge on any atom is -0.468 e. The molecule has 0 saturated heterocycles. The Morgan fingerprint density at radius 2 is 1.71 bits per heavy atom. The van der Waals surface area contributed by atoms with Gasteiger partial charge in [0.2, 0.25) is 0 Å². The molecule has 0 aromatic carbocycles. The molecule has 0 bridgehead atoms. The molecule has 17 heavy (non-hydrogen) atoms. The fourth-order valence-electron chi connectivity index (χ4n) is 1.77. The van der Waals surface area contributed by atoms with Crippen molar-refractivity contribution in [1.29, 1.82) is 0 Å². The van der Waals surface area contributed by atoms with E-state index in [-0.39, 0.29) is 0 Å². The van der Waals surface area contributed by atoms with E-state index in [1.54, 1.807) is 6.26 Å². The van der Waals surface area contributed by atoms with Crippen LogP contribution in [0.3, 0.4) is 0 Å². The first-order chi connectivity index (χ1) is 8.43. The van der Waals surface area contributed by atoms with E-state index in [4.69, 9.17) is 4.42 Å². The van der Waals surface area contributed by atoms with Gasteiger partial charge in [-0.25, -0.2) is 0 Å². The third kappa shape index (κ3) is 8.67. The quantitative estimate of drug-likeness (QED) is 0.441. The zero-order chi connectivity index (χ0) is 12.2. The molecule has 0 unspecified atom stereocenters. The van der Waals surface area contributed by atoms with Crippen LogP contribution in [0.15, 0.2) is 22.8 Å². The zero-order valence-electron chi connectivity index (χ0n) is 10.6. The van der Waals surface area contributed by atoms with Gasteiger partial charge in [0.15, 0.2) is 0 Å². The van der Waals surface area contributed by atoms with Gasteiger partial charge in [0, 0.05) is 0 Å². The summed E-state index contributed by atoms with van der Waals surface area (Å²) in [5, 5.41) is 0. The summed E-state index contributed by atoms with van der Waals surface area (Å²) in [4.78, 5) is 0. The summed E-state index contributed by atoms with van der Waals surface area (Å²) < 4.78 is 5.29. The Bertz CT molecular complexity index is 247. The highest BCUT2D eigenvalue weighted by Crippen LogP contribution is 2.15. The van der Waals surface area contributed by atoms with Gasteiger partial charge in [-0.1, -0.05) is 32.1 Å². The Morgan fingerprint density at radius 3 is 2.35 bits per heavy atom. The first-order valence-electron chi connectivity index (χ1n) is 6.64. The highest BCUT2D eigenvalue weighted by atomic mass is 32.2. The molecule has 1 heterocycles. The summed E-state index contributed by atoms with van der Waals surface area (Å²) in [6, 6.07) is 4.01. The maximum atomic E-state index is 5.29. The molecular formula is C14H24OS2. The molecule has 0 fully saturated rings. The van der Waals surface area contributed by atoms with Crippen molar-refractivity contribution in [2.24, 2.45) is 0 Å². The summed E-state index contributed by atoms with van der Waals surface area (Å²) in [7, 11) is 0. The first-order valence-corrected chi connectivity index (χ1v) is 8.43.